The molecule has 2 N–H and O–H groups in total. The summed E-state index contributed by atoms with van der Waals surface area (Å²) in [5, 5.41) is 24.1. The molecule has 0 aliphatic rings. The van der Waals surface area contributed by atoms with Gasteiger partial charge in [0.25, 0.3) is 0 Å². The summed E-state index contributed by atoms with van der Waals surface area (Å²) < 4.78 is 0. The Morgan fingerprint density at radius 1 is 0.761 bits per heavy atom. The smallest absolute Gasteiger partial charge is 0.307 e. The Hall–Kier alpha value is -4.94. The first-order valence-electron chi connectivity index (χ1n) is 15.3. The number of amides is 1. The van der Waals surface area contributed by atoms with Crippen molar-refractivity contribution in [3.8, 4) is 0 Å². The van der Waals surface area contributed by atoms with Crippen molar-refractivity contribution in [2.75, 3.05) is 0 Å². The summed E-state index contributed by atoms with van der Waals surface area (Å²) in [4.78, 5) is 39.1. The highest BCUT2D eigenvalue weighted by atomic mass is 35.5. The van der Waals surface area contributed by atoms with Crippen molar-refractivity contribution in [1.29, 1.82) is 0 Å². The van der Waals surface area contributed by atoms with Gasteiger partial charge in [-0.1, -0.05) is 109 Å². The molecule has 5 aromatic carbocycles. The molecule has 2 unspecified atom stereocenters. The van der Waals surface area contributed by atoms with Gasteiger partial charge in [0.15, 0.2) is 0 Å². The molecular weight excluding hydrogens is 598 g/mol. The fraction of sp³-hybridized carbons (Fsp3) is 0.205. The number of nitrogens with zero attached hydrogens (tertiary/aromatic N) is 1. The van der Waals surface area contributed by atoms with Crippen molar-refractivity contribution in [3.63, 3.8) is 0 Å². The maximum Gasteiger partial charge on any atom is 0.307 e. The van der Waals surface area contributed by atoms with Gasteiger partial charge in [-0.3, -0.25) is 14.4 Å². The third kappa shape index (κ3) is 8.20. The average molecular weight is 634 g/mol. The van der Waals surface area contributed by atoms with E-state index in [2.05, 4.69) is 42.5 Å². The lowest BCUT2D eigenvalue weighted by Crippen LogP contribution is -2.43. The molecule has 0 saturated carbocycles. The van der Waals surface area contributed by atoms with Gasteiger partial charge >= 0.3 is 11.9 Å². The van der Waals surface area contributed by atoms with Crippen LogP contribution in [0.25, 0.3) is 27.6 Å². The van der Waals surface area contributed by atoms with Crippen LogP contribution in [0.5, 0.6) is 0 Å². The Balaban J connectivity index is 1.48. The van der Waals surface area contributed by atoms with Crippen LogP contribution in [0, 0.1) is 5.92 Å². The van der Waals surface area contributed by atoms with Gasteiger partial charge in [0.2, 0.25) is 5.91 Å². The third-order valence-electron chi connectivity index (χ3n) is 8.52. The summed E-state index contributed by atoms with van der Waals surface area (Å²) >= 11 is 6.24. The Labute approximate surface area is 273 Å². The van der Waals surface area contributed by atoms with Gasteiger partial charge in [0.1, 0.15) is 0 Å². The summed E-state index contributed by atoms with van der Waals surface area (Å²) in [6.45, 7) is 2.21. The standard InChI is InChI=1S/C39H36ClNO5/c1-26(36(31-17-19-35(40)20-18-31)12-6-7-27-13-15-29-8-2-4-10-32(29)21-27)41(37(42)23-34(39(45)46)24-38(43)44)25-28-14-16-30-9-3-5-11-33(30)22-28/h2-11,13-22,26,34,36H,12,23-25H2,1H3,(H,43,44)(H,45,46)/t26?,34-,36?/m1/s1. The number of fused-ring (bicyclic) bond motifs is 2. The lowest BCUT2D eigenvalue weighted by Gasteiger charge is -2.36. The lowest BCUT2D eigenvalue weighted by atomic mass is 9.87. The van der Waals surface area contributed by atoms with E-state index in [1.807, 2.05) is 85.8 Å². The summed E-state index contributed by atoms with van der Waals surface area (Å²) in [7, 11) is 0. The maximum atomic E-state index is 14.0. The zero-order valence-corrected chi connectivity index (χ0v) is 26.3. The number of carbonyl (C=O) groups is 3. The maximum absolute atomic E-state index is 14.0. The van der Waals surface area contributed by atoms with Gasteiger partial charge in [0, 0.05) is 29.9 Å². The third-order valence-corrected chi connectivity index (χ3v) is 8.78. The predicted octanol–water partition coefficient (Wildman–Crippen LogP) is 8.82. The number of hydrogen-bond donors (Lipinski definition) is 2. The van der Waals surface area contributed by atoms with Gasteiger partial charge in [0.05, 0.1) is 12.3 Å². The first-order chi connectivity index (χ1) is 22.2. The first kappa shape index (κ1) is 32.5. The van der Waals surface area contributed by atoms with Crippen LogP contribution < -0.4 is 0 Å². The van der Waals surface area contributed by atoms with E-state index in [1.165, 1.54) is 0 Å². The van der Waals surface area contributed by atoms with Gasteiger partial charge in [-0.25, -0.2) is 0 Å². The Kier molecular flexibility index (Phi) is 10.5. The summed E-state index contributed by atoms with van der Waals surface area (Å²) in [6, 6.07) is 35.6. The molecule has 0 saturated heterocycles. The minimum atomic E-state index is -1.34. The molecule has 1 amide bonds. The number of carboxylic acid groups (broad SMARTS) is 2. The minimum Gasteiger partial charge on any atom is -0.481 e. The number of halogens is 1. The summed E-state index contributed by atoms with van der Waals surface area (Å²) in [6.07, 6.45) is 3.72. The molecule has 0 aromatic heterocycles. The molecule has 0 aliphatic heterocycles. The zero-order chi connectivity index (χ0) is 32.6. The summed E-state index contributed by atoms with van der Waals surface area (Å²) in [5.41, 5.74) is 2.94. The molecule has 0 fully saturated rings. The molecule has 5 aromatic rings. The van der Waals surface area contributed by atoms with Crippen molar-refractivity contribution in [2.45, 2.75) is 44.7 Å². The second-order valence-electron chi connectivity index (χ2n) is 11.7. The van der Waals surface area contributed by atoms with Crippen LogP contribution in [-0.4, -0.2) is 39.0 Å². The largest absolute Gasteiger partial charge is 0.481 e. The molecule has 0 aliphatic carbocycles. The molecule has 6 nitrogen and oxygen atoms in total. The highest BCUT2D eigenvalue weighted by Crippen LogP contribution is 2.32. The van der Waals surface area contributed by atoms with E-state index in [0.29, 0.717) is 11.4 Å². The minimum absolute atomic E-state index is 0.166. The van der Waals surface area contributed by atoms with Crippen LogP contribution in [0.4, 0.5) is 0 Å². The Bertz CT molecular complexity index is 1880. The monoisotopic (exact) mass is 633 g/mol. The Morgan fingerprint density at radius 2 is 1.37 bits per heavy atom. The number of aliphatic carboxylic acids is 2. The van der Waals surface area contributed by atoms with Crippen LogP contribution >= 0.6 is 11.6 Å². The van der Waals surface area contributed by atoms with Gasteiger partial charge in [-0.15, -0.1) is 0 Å². The topological polar surface area (TPSA) is 94.9 Å². The lowest BCUT2D eigenvalue weighted by molar-refractivity contribution is -0.151. The highest BCUT2D eigenvalue weighted by Gasteiger charge is 2.32. The molecule has 0 spiro atoms. The van der Waals surface area contributed by atoms with Crippen molar-refractivity contribution in [2.24, 2.45) is 5.92 Å². The van der Waals surface area contributed by atoms with E-state index in [0.717, 1.165) is 38.2 Å². The van der Waals surface area contributed by atoms with Crippen LogP contribution in [0.3, 0.4) is 0 Å². The van der Waals surface area contributed by atoms with E-state index in [1.54, 1.807) is 4.90 Å². The fourth-order valence-corrected chi connectivity index (χ4v) is 6.11. The molecule has 5 rings (SSSR count). The SMILES string of the molecule is CC(C(CC=Cc1ccc2ccccc2c1)c1ccc(Cl)cc1)N(Cc1ccc2ccccc2c1)C(=O)C[C@H](CC(=O)O)C(=O)O. The molecule has 234 valence electrons. The number of carbonyl (C=O) groups excluding carboxylic acids is 1. The predicted molar refractivity (Wildman–Crippen MR) is 184 cm³/mol. The normalized spacial score (nSPS) is 13.4. The van der Waals surface area contributed by atoms with E-state index in [9.17, 15) is 24.6 Å². The van der Waals surface area contributed by atoms with Crippen LogP contribution in [-0.2, 0) is 20.9 Å². The summed E-state index contributed by atoms with van der Waals surface area (Å²) in [5.74, 6) is -4.47. The van der Waals surface area contributed by atoms with E-state index in [-0.39, 0.29) is 18.5 Å². The molecule has 0 heterocycles. The average Bonchev–Trinajstić information content (AvgIpc) is 3.05. The molecule has 0 radical (unpaired) electrons. The molecule has 0 bridgehead atoms. The molecule has 3 atom stereocenters. The van der Waals surface area contributed by atoms with Crippen molar-refractivity contribution >= 4 is 57.1 Å². The van der Waals surface area contributed by atoms with Gasteiger partial charge in [-0.2, -0.15) is 0 Å². The molecule has 7 heteroatoms. The van der Waals surface area contributed by atoms with Crippen molar-refractivity contribution in [1.82, 2.24) is 4.90 Å². The van der Waals surface area contributed by atoms with E-state index < -0.39 is 36.6 Å². The first-order valence-corrected chi connectivity index (χ1v) is 15.7. The zero-order valence-electron chi connectivity index (χ0n) is 25.6. The Morgan fingerprint density at radius 3 is 2.00 bits per heavy atom. The van der Waals surface area contributed by atoms with Crippen LogP contribution in [0.1, 0.15) is 48.8 Å². The van der Waals surface area contributed by atoms with E-state index >= 15 is 0 Å². The fourth-order valence-electron chi connectivity index (χ4n) is 5.98. The van der Waals surface area contributed by atoms with Crippen LogP contribution in [0.15, 0.2) is 115 Å². The van der Waals surface area contributed by atoms with Crippen molar-refractivity contribution in [3.05, 3.63) is 137 Å². The van der Waals surface area contributed by atoms with Crippen molar-refractivity contribution < 1.29 is 24.6 Å². The molecular formula is C39H36ClNO5. The second kappa shape index (κ2) is 14.9. The molecule has 46 heavy (non-hydrogen) atoms. The number of benzene rings is 5. The van der Waals surface area contributed by atoms with Gasteiger partial charge in [-0.05, 0) is 75.8 Å². The number of carboxylic acids is 2. The van der Waals surface area contributed by atoms with E-state index in [4.69, 9.17) is 11.6 Å². The number of allylic oxidation sites excluding steroid dienone is 1. The highest BCUT2D eigenvalue weighted by molar-refractivity contribution is 6.30. The number of hydrogen-bond acceptors (Lipinski definition) is 3. The second-order valence-corrected chi connectivity index (χ2v) is 12.1. The van der Waals surface area contributed by atoms with Crippen LogP contribution in [0.2, 0.25) is 5.02 Å². The number of rotatable bonds is 13. The quantitative estimate of drug-likeness (QED) is 0.135. The van der Waals surface area contributed by atoms with Gasteiger partial charge < -0.3 is 15.1 Å².